The maximum atomic E-state index is 12.5. The summed E-state index contributed by atoms with van der Waals surface area (Å²) in [5.74, 6) is 1.03. The Labute approximate surface area is 145 Å². The Morgan fingerprint density at radius 3 is 2.32 bits per heavy atom. The van der Waals surface area contributed by atoms with E-state index in [4.69, 9.17) is 9.26 Å². The average molecular weight is 337 g/mol. The van der Waals surface area contributed by atoms with Crippen molar-refractivity contribution >= 4 is 23.0 Å². The highest BCUT2D eigenvalue weighted by Gasteiger charge is 2.18. The first-order valence-electron chi connectivity index (χ1n) is 7.83. The van der Waals surface area contributed by atoms with Gasteiger partial charge in [0.25, 0.3) is 5.91 Å². The number of anilines is 3. The molecule has 0 aliphatic heterocycles. The van der Waals surface area contributed by atoms with Crippen LogP contribution in [0.1, 0.15) is 21.8 Å². The van der Waals surface area contributed by atoms with E-state index in [-0.39, 0.29) is 5.91 Å². The molecule has 0 bridgehead atoms. The van der Waals surface area contributed by atoms with E-state index in [9.17, 15) is 4.79 Å². The van der Waals surface area contributed by atoms with Crippen LogP contribution in [0, 0.1) is 13.8 Å². The van der Waals surface area contributed by atoms with Gasteiger partial charge < -0.3 is 19.9 Å². The smallest absolute Gasteiger partial charge is 0.261 e. The molecule has 0 saturated carbocycles. The number of hydrogen-bond acceptors (Lipinski definition) is 5. The number of methoxy groups -OCH3 is 1. The molecule has 0 radical (unpaired) electrons. The molecule has 1 heterocycles. The lowest BCUT2D eigenvalue weighted by Crippen LogP contribution is -2.14. The fourth-order valence-electron chi connectivity index (χ4n) is 2.52. The second-order valence-electron chi connectivity index (χ2n) is 5.55. The number of nitrogens with one attached hydrogen (secondary N) is 2. The predicted octanol–water partition coefficient (Wildman–Crippen LogP) is 4.30. The number of hydrogen-bond donors (Lipinski definition) is 2. The van der Waals surface area contributed by atoms with Gasteiger partial charge in [0, 0.05) is 5.69 Å². The third-order valence-corrected chi connectivity index (χ3v) is 3.80. The van der Waals surface area contributed by atoms with Crippen molar-refractivity contribution in [2.24, 2.45) is 0 Å². The highest BCUT2D eigenvalue weighted by molar-refractivity contribution is 6.07. The molecule has 0 atom stereocenters. The standard InChI is InChI=1S/C19H19N3O3/c1-12-18(13(2)25-22-12)19(23)21-17-7-5-4-6-16(17)20-14-8-10-15(24-3)11-9-14/h4-11,20H,1-3H3,(H,21,23). The van der Waals surface area contributed by atoms with E-state index in [1.54, 1.807) is 21.0 Å². The van der Waals surface area contributed by atoms with Crippen molar-refractivity contribution in [2.45, 2.75) is 13.8 Å². The zero-order valence-corrected chi connectivity index (χ0v) is 14.3. The molecule has 2 aromatic carbocycles. The second-order valence-corrected chi connectivity index (χ2v) is 5.55. The van der Waals surface area contributed by atoms with Crippen LogP contribution in [-0.2, 0) is 0 Å². The molecule has 2 N–H and O–H groups in total. The van der Waals surface area contributed by atoms with Gasteiger partial charge in [-0.3, -0.25) is 4.79 Å². The van der Waals surface area contributed by atoms with Gasteiger partial charge in [0.2, 0.25) is 0 Å². The van der Waals surface area contributed by atoms with Crippen LogP contribution in [0.4, 0.5) is 17.1 Å². The number of carbonyl (C=O) groups excluding carboxylic acids is 1. The number of aryl methyl sites for hydroxylation is 2. The number of nitrogens with zero attached hydrogens (tertiary/aromatic N) is 1. The van der Waals surface area contributed by atoms with Crippen LogP contribution in [0.15, 0.2) is 53.1 Å². The minimum Gasteiger partial charge on any atom is -0.497 e. The van der Waals surface area contributed by atoms with Crippen LogP contribution < -0.4 is 15.4 Å². The van der Waals surface area contributed by atoms with Gasteiger partial charge in [-0.05, 0) is 50.2 Å². The summed E-state index contributed by atoms with van der Waals surface area (Å²) >= 11 is 0. The van der Waals surface area contributed by atoms with Gasteiger partial charge in [0.05, 0.1) is 24.2 Å². The third kappa shape index (κ3) is 3.63. The van der Waals surface area contributed by atoms with Crippen LogP contribution in [0.3, 0.4) is 0 Å². The molecule has 3 aromatic rings. The predicted molar refractivity (Wildman–Crippen MR) is 96.6 cm³/mol. The lowest BCUT2D eigenvalue weighted by Gasteiger charge is -2.13. The molecule has 0 fully saturated rings. The van der Waals surface area contributed by atoms with Crippen LogP contribution >= 0.6 is 0 Å². The lowest BCUT2D eigenvalue weighted by molar-refractivity contribution is 0.102. The van der Waals surface area contributed by atoms with Gasteiger partial charge >= 0.3 is 0 Å². The molecule has 0 spiro atoms. The van der Waals surface area contributed by atoms with Gasteiger partial charge in [-0.1, -0.05) is 17.3 Å². The van der Waals surface area contributed by atoms with E-state index in [1.165, 1.54) is 0 Å². The summed E-state index contributed by atoms with van der Waals surface area (Å²) in [5, 5.41) is 10.0. The van der Waals surface area contributed by atoms with Crippen molar-refractivity contribution in [1.82, 2.24) is 5.16 Å². The van der Waals surface area contributed by atoms with Crippen molar-refractivity contribution in [2.75, 3.05) is 17.7 Å². The minimum atomic E-state index is -0.250. The largest absolute Gasteiger partial charge is 0.497 e. The molecule has 0 saturated heterocycles. The maximum absolute atomic E-state index is 12.5. The molecule has 6 nitrogen and oxygen atoms in total. The topological polar surface area (TPSA) is 76.4 Å². The quantitative estimate of drug-likeness (QED) is 0.726. The molecule has 1 aromatic heterocycles. The first-order valence-corrected chi connectivity index (χ1v) is 7.83. The molecular formula is C19H19N3O3. The lowest BCUT2D eigenvalue weighted by atomic mass is 10.1. The zero-order chi connectivity index (χ0) is 17.8. The number of carbonyl (C=O) groups is 1. The minimum absolute atomic E-state index is 0.250. The SMILES string of the molecule is COc1ccc(Nc2ccccc2NC(=O)c2c(C)noc2C)cc1. The summed E-state index contributed by atoms with van der Waals surface area (Å²) in [6.45, 7) is 3.46. The highest BCUT2D eigenvalue weighted by atomic mass is 16.5. The molecule has 0 unspecified atom stereocenters. The maximum Gasteiger partial charge on any atom is 0.261 e. The Bertz CT molecular complexity index is 866. The van der Waals surface area contributed by atoms with Crippen molar-refractivity contribution in [3.8, 4) is 5.75 Å². The van der Waals surface area contributed by atoms with E-state index in [0.29, 0.717) is 22.7 Å². The van der Waals surface area contributed by atoms with Gasteiger partial charge in [-0.15, -0.1) is 0 Å². The van der Waals surface area contributed by atoms with Gasteiger partial charge in [-0.2, -0.15) is 0 Å². The monoisotopic (exact) mass is 337 g/mol. The van der Waals surface area contributed by atoms with E-state index in [2.05, 4.69) is 15.8 Å². The van der Waals surface area contributed by atoms with Crippen LogP contribution in [0.5, 0.6) is 5.75 Å². The molecular weight excluding hydrogens is 318 g/mol. The number of amides is 1. The number of rotatable bonds is 5. The van der Waals surface area contributed by atoms with Gasteiger partial charge in [-0.25, -0.2) is 0 Å². The molecule has 3 rings (SSSR count). The molecule has 0 aliphatic carbocycles. The average Bonchev–Trinajstić information content (AvgIpc) is 2.96. The van der Waals surface area contributed by atoms with Crippen LogP contribution in [0.25, 0.3) is 0 Å². The van der Waals surface area contributed by atoms with Crippen molar-refractivity contribution in [1.29, 1.82) is 0 Å². The number of benzene rings is 2. The van der Waals surface area contributed by atoms with E-state index in [1.807, 2.05) is 48.5 Å². The fourth-order valence-corrected chi connectivity index (χ4v) is 2.52. The van der Waals surface area contributed by atoms with E-state index in [0.717, 1.165) is 17.1 Å². The van der Waals surface area contributed by atoms with Gasteiger partial charge in [0.1, 0.15) is 17.1 Å². The number of aromatic nitrogens is 1. The van der Waals surface area contributed by atoms with Crippen molar-refractivity contribution in [3.63, 3.8) is 0 Å². The summed E-state index contributed by atoms with van der Waals surface area (Å²) in [7, 11) is 1.63. The molecule has 128 valence electrons. The number of ether oxygens (including phenoxy) is 1. The Balaban J connectivity index is 1.82. The summed E-state index contributed by atoms with van der Waals surface area (Å²) in [6, 6.07) is 15.0. The molecule has 6 heteroatoms. The Morgan fingerprint density at radius 2 is 1.72 bits per heavy atom. The van der Waals surface area contributed by atoms with Crippen LogP contribution in [0.2, 0.25) is 0 Å². The Morgan fingerprint density at radius 1 is 1.04 bits per heavy atom. The molecule has 25 heavy (non-hydrogen) atoms. The number of para-hydroxylation sites is 2. The fraction of sp³-hybridized carbons (Fsp3) is 0.158. The van der Waals surface area contributed by atoms with Crippen molar-refractivity contribution in [3.05, 3.63) is 65.5 Å². The van der Waals surface area contributed by atoms with E-state index < -0.39 is 0 Å². The zero-order valence-electron chi connectivity index (χ0n) is 14.3. The second kappa shape index (κ2) is 7.09. The first-order chi connectivity index (χ1) is 12.1. The Hall–Kier alpha value is -3.28. The summed E-state index contributed by atoms with van der Waals surface area (Å²) in [4.78, 5) is 12.5. The molecule has 0 aliphatic rings. The normalized spacial score (nSPS) is 10.4. The van der Waals surface area contributed by atoms with Crippen LogP contribution in [-0.4, -0.2) is 18.2 Å². The van der Waals surface area contributed by atoms with Gasteiger partial charge in [0.15, 0.2) is 0 Å². The highest BCUT2D eigenvalue weighted by Crippen LogP contribution is 2.27. The summed E-state index contributed by atoms with van der Waals surface area (Å²) in [5.41, 5.74) is 3.37. The summed E-state index contributed by atoms with van der Waals surface area (Å²) in [6.07, 6.45) is 0. The van der Waals surface area contributed by atoms with Crippen molar-refractivity contribution < 1.29 is 14.1 Å². The van der Waals surface area contributed by atoms with E-state index >= 15 is 0 Å². The summed E-state index contributed by atoms with van der Waals surface area (Å²) < 4.78 is 10.2. The third-order valence-electron chi connectivity index (χ3n) is 3.80. The Kier molecular flexibility index (Phi) is 4.70. The molecule has 1 amide bonds. The first kappa shape index (κ1) is 16.6.